The molecule has 4 rings (SSSR count). The first-order valence-electron chi connectivity index (χ1n) is 20.8. The summed E-state index contributed by atoms with van der Waals surface area (Å²) < 4.78 is 5.39. The zero-order chi connectivity index (χ0) is 42.6. The molecule has 0 radical (unpaired) electrons. The number of carboxylic acid groups (broad SMARTS) is 1. The second kappa shape index (κ2) is 24.2. The quantitative estimate of drug-likeness (QED) is 0.0399. The largest absolute Gasteiger partial charge is 0.507 e. The first-order valence-corrected chi connectivity index (χ1v) is 20.8. The van der Waals surface area contributed by atoms with E-state index in [-0.39, 0.29) is 39.9 Å². The third-order valence-corrected chi connectivity index (χ3v) is 10.3. The van der Waals surface area contributed by atoms with E-state index in [4.69, 9.17) is 4.74 Å². The van der Waals surface area contributed by atoms with Crippen LogP contribution in [0.1, 0.15) is 139 Å². The molecule has 4 aromatic carbocycles. The van der Waals surface area contributed by atoms with Gasteiger partial charge in [-0.15, -0.1) is 0 Å². The molecule has 0 aliphatic rings. The molecule has 3 N–H and O–H groups in total. The highest BCUT2D eigenvalue weighted by Crippen LogP contribution is 2.36. The Morgan fingerprint density at radius 2 is 1.28 bits per heavy atom. The smallest absolute Gasteiger partial charge is 0.339 e. The minimum atomic E-state index is -0.992. The molecule has 0 aliphatic heterocycles. The Bertz CT molecular complexity index is 1940. The maximum absolute atomic E-state index is 13.3. The van der Waals surface area contributed by atoms with Gasteiger partial charge in [-0.25, -0.2) is 9.59 Å². The van der Waals surface area contributed by atoms with Gasteiger partial charge < -0.3 is 29.9 Å². The number of aromatic hydroxyl groups is 2. The molecule has 312 valence electrons. The SMILES string of the molecule is CCCCC(Cc1ccccc1C(=O)O)C(=O)c1ccc(N(CC)CC)cc1O.CCCCCCOC(=O)c1ccc(N(CC)CC)c(O)c1C(=O)c1ccccc1. The Labute approximate surface area is 344 Å². The molecule has 0 aliphatic carbocycles. The van der Waals surface area contributed by atoms with Crippen LogP contribution in [0.3, 0.4) is 0 Å². The van der Waals surface area contributed by atoms with E-state index in [2.05, 4.69) is 18.7 Å². The van der Waals surface area contributed by atoms with Crippen molar-refractivity contribution in [2.24, 2.45) is 5.92 Å². The molecule has 0 saturated carbocycles. The average molecular weight is 795 g/mol. The maximum atomic E-state index is 13.3. The number of hydrogen-bond donors (Lipinski definition) is 3. The second-order valence-corrected chi connectivity index (χ2v) is 14.2. The zero-order valence-electron chi connectivity index (χ0n) is 35.1. The number of ketones is 2. The van der Waals surface area contributed by atoms with Crippen molar-refractivity contribution in [2.75, 3.05) is 42.6 Å². The van der Waals surface area contributed by atoms with Gasteiger partial charge in [0.1, 0.15) is 5.75 Å². The predicted molar refractivity (Wildman–Crippen MR) is 232 cm³/mol. The van der Waals surface area contributed by atoms with E-state index in [1.165, 1.54) is 0 Å². The molecular formula is C48H62N2O8. The first kappa shape index (κ1) is 46.7. The van der Waals surface area contributed by atoms with E-state index in [0.29, 0.717) is 54.9 Å². The van der Waals surface area contributed by atoms with Crippen molar-refractivity contribution >= 4 is 34.9 Å². The number of carbonyl (C=O) groups excluding carboxylic acids is 3. The number of esters is 1. The summed E-state index contributed by atoms with van der Waals surface area (Å²) in [4.78, 5) is 54.7. The molecule has 0 amide bonds. The third kappa shape index (κ3) is 12.7. The van der Waals surface area contributed by atoms with Crippen molar-refractivity contribution in [1.29, 1.82) is 0 Å². The molecule has 0 fully saturated rings. The summed E-state index contributed by atoms with van der Waals surface area (Å²) in [6.45, 7) is 15.5. The van der Waals surface area contributed by atoms with Crippen LogP contribution in [0.2, 0.25) is 0 Å². The van der Waals surface area contributed by atoms with Gasteiger partial charge in [-0.05, 0) is 82.9 Å². The number of Topliss-reactive ketones (excluding diaryl/α,β-unsaturated/α-hetero) is 1. The lowest BCUT2D eigenvalue weighted by Gasteiger charge is -2.24. The van der Waals surface area contributed by atoms with Crippen LogP contribution in [0.15, 0.2) is 84.9 Å². The summed E-state index contributed by atoms with van der Waals surface area (Å²) in [6, 6.07) is 23.9. The lowest BCUT2D eigenvalue weighted by molar-refractivity contribution is 0.0494. The van der Waals surface area contributed by atoms with Crippen LogP contribution in [0.25, 0.3) is 0 Å². The lowest BCUT2D eigenvalue weighted by Crippen LogP contribution is -2.23. The van der Waals surface area contributed by atoms with Crippen LogP contribution >= 0.6 is 0 Å². The van der Waals surface area contributed by atoms with Gasteiger partial charge >= 0.3 is 11.9 Å². The number of benzene rings is 4. The van der Waals surface area contributed by atoms with Crippen molar-refractivity contribution < 1.29 is 39.2 Å². The fourth-order valence-electron chi connectivity index (χ4n) is 6.99. The molecule has 58 heavy (non-hydrogen) atoms. The van der Waals surface area contributed by atoms with Gasteiger partial charge in [0, 0.05) is 49.4 Å². The Balaban J connectivity index is 0.000000310. The Morgan fingerprint density at radius 1 is 0.655 bits per heavy atom. The maximum Gasteiger partial charge on any atom is 0.339 e. The molecular weight excluding hydrogens is 733 g/mol. The highest BCUT2D eigenvalue weighted by atomic mass is 16.5. The summed E-state index contributed by atoms with van der Waals surface area (Å²) >= 11 is 0. The number of aromatic carboxylic acids is 1. The summed E-state index contributed by atoms with van der Waals surface area (Å²) in [6.07, 6.45) is 6.77. The van der Waals surface area contributed by atoms with Gasteiger partial charge in [-0.2, -0.15) is 0 Å². The molecule has 0 spiro atoms. The zero-order valence-corrected chi connectivity index (χ0v) is 35.1. The van der Waals surface area contributed by atoms with E-state index >= 15 is 0 Å². The minimum absolute atomic E-state index is 0.000779. The minimum Gasteiger partial charge on any atom is -0.507 e. The molecule has 1 atom stereocenters. The Kier molecular flexibility index (Phi) is 19.5. The van der Waals surface area contributed by atoms with E-state index in [0.717, 1.165) is 57.3 Å². The number of unbranched alkanes of at least 4 members (excludes halogenated alkanes) is 4. The third-order valence-electron chi connectivity index (χ3n) is 10.3. The van der Waals surface area contributed by atoms with Crippen molar-refractivity contribution in [2.45, 2.75) is 92.9 Å². The number of ether oxygens (including phenoxy) is 1. The lowest BCUT2D eigenvalue weighted by atomic mass is 9.85. The monoisotopic (exact) mass is 794 g/mol. The van der Waals surface area contributed by atoms with E-state index in [1.807, 2.05) is 44.7 Å². The van der Waals surface area contributed by atoms with Crippen molar-refractivity contribution in [3.63, 3.8) is 0 Å². The van der Waals surface area contributed by atoms with Crippen molar-refractivity contribution in [3.05, 3.63) is 118 Å². The van der Waals surface area contributed by atoms with Crippen LogP contribution in [0.5, 0.6) is 11.5 Å². The number of carboxylic acids is 1. The summed E-state index contributed by atoms with van der Waals surface area (Å²) in [7, 11) is 0. The number of phenolic OH excluding ortho intramolecular Hbond substituents is 2. The van der Waals surface area contributed by atoms with Gasteiger partial charge in [-0.3, -0.25) is 9.59 Å². The summed E-state index contributed by atoms with van der Waals surface area (Å²) in [5, 5.41) is 31.0. The van der Waals surface area contributed by atoms with E-state index in [9.17, 15) is 34.5 Å². The van der Waals surface area contributed by atoms with Gasteiger partial charge in [0.2, 0.25) is 0 Å². The Morgan fingerprint density at radius 3 is 1.88 bits per heavy atom. The molecule has 4 aromatic rings. The predicted octanol–water partition coefficient (Wildman–Crippen LogP) is 10.4. The topological polar surface area (TPSA) is 145 Å². The average Bonchev–Trinajstić information content (AvgIpc) is 3.23. The van der Waals surface area contributed by atoms with Crippen LogP contribution < -0.4 is 9.80 Å². The number of phenols is 2. The van der Waals surface area contributed by atoms with Gasteiger partial charge in [0.25, 0.3) is 0 Å². The fraction of sp³-hybridized carbons (Fsp3) is 0.417. The molecule has 10 heteroatoms. The van der Waals surface area contributed by atoms with Gasteiger partial charge in [0.05, 0.1) is 34.5 Å². The fourth-order valence-corrected chi connectivity index (χ4v) is 6.99. The molecule has 1 unspecified atom stereocenters. The number of rotatable bonds is 22. The van der Waals surface area contributed by atoms with Gasteiger partial charge in [0.15, 0.2) is 17.3 Å². The number of hydrogen-bond acceptors (Lipinski definition) is 9. The molecule has 0 heterocycles. The van der Waals surface area contributed by atoms with Crippen molar-refractivity contribution in [3.8, 4) is 11.5 Å². The molecule has 10 nitrogen and oxygen atoms in total. The highest BCUT2D eigenvalue weighted by Gasteiger charge is 2.27. The number of nitrogens with zero attached hydrogens (tertiary/aromatic N) is 2. The summed E-state index contributed by atoms with van der Waals surface area (Å²) in [5.74, 6) is -2.68. The second-order valence-electron chi connectivity index (χ2n) is 14.2. The van der Waals surface area contributed by atoms with E-state index < -0.39 is 17.7 Å². The summed E-state index contributed by atoms with van der Waals surface area (Å²) in [5.41, 5.74) is 3.10. The first-order chi connectivity index (χ1) is 28.0. The van der Waals surface area contributed by atoms with E-state index in [1.54, 1.807) is 72.8 Å². The van der Waals surface area contributed by atoms with Crippen molar-refractivity contribution in [1.82, 2.24) is 0 Å². The van der Waals surface area contributed by atoms with Gasteiger partial charge in [-0.1, -0.05) is 94.5 Å². The van der Waals surface area contributed by atoms with Crippen LogP contribution in [0.4, 0.5) is 11.4 Å². The van der Waals surface area contributed by atoms with Crippen LogP contribution in [-0.4, -0.2) is 71.6 Å². The van der Waals surface area contributed by atoms with Crippen LogP contribution in [-0.2, 0) is 11.2 Å². The standard InChI is InChI=1S/2C24H31NO4/c1-4-7-10-18(15-17-11-8-9-12-20(17)24(28)29)23(27)21-14-13-19(16-22(21)26)25(5-2)6-3;1-4-7-8-12-17-29-24(28)19-15-16-20(25(5-2)6-3)23(27)21(19)22(26)18-13-10-9-11-14-18/h8-9,11-14,16,18,26H,4-7,10,15H2,1-3H3,(H,28,29);9-11,13-16,27H,4-8,12,17H2,1-3H3. The normalized spacial score (nSPS) is 11.2. The molecule has 0 saturated heterocycles. The Hall–Kier alpha value is -5.64. The number of carbonyl (C=O) groups is 4. The number of anilines is 2. The van der Waals surface area contributed by atoms with Crippen LogP contribution in [0, 0.1) is 5.92 Å². The highest BCUT2D eigenvalue weighted by molar-refractivity contribution is 6.17. The molecule has 0 bridgehead atoms. The molecule has 0 aromatic heterocycles.